The number of hydrazone groups is 1. The highest BCUT2D eigenvalue weighted by atomic mass is 15.5. The lowest BCUT2D eigenvalue weighted by molar-refractivity contribution is 0.236. The Bertz CT molecular complexity index is 188. The first-order valence-corrected chi connectivity index (χ1v) is 4.51. The topological polar surface area (TPSA) is 27.6 Å². The molecule has 0 aliphatic carbocycles. The maximum Gasteiger partial charge on any atom is 0.129 e. The summed E-state index contributed by atoms with van der Waals surface area (Å²) in [6.45, 7) is 11.8. The van der Waals surface area contributed by atoms with Crippen molar-refractivity contribution in [2.45, 2.75) is 40.2 Å². The standard InChI is InChI=1S/C9H19N3/c1-7(2)8-11-10-6-12(8)9(3,4)5/h7,10H,6H2,1-5H3. The van der Waals surface area contributed by atoms with E-state index in [1.807, 2.05) is 0 Å². The van der Waals surface area contributed by atoms with Gasteiger partial charge in [-0.15, -0.1) is 0 Å². The van der Waals surface area contributed by atoms with Crippen LogP contribution in [0.1, 0.15) is 34.6 Å². The van der Waals surface area contributed by atoms with Gasteiger partial charge in [-0.05, 0) is 20.8 Å². The summed E-state index contributed by atoms with van der Waals surface area (Å²) in [5.74, 6) is 1.67. The second-order valence-corrected chi connectivity index (χ2v) is 4.54. The Morgan fingerprint density at radius 2 is 2.00 bits per heavy atom. The van der Waals surface area contributed by atoms with Gasteiger partial charge < -0.3 is 4.90 Å². The Balaban J connectivity index is 2.75. The molecule has 0 unspecified atom stereocenters. The lowest BCUT2D eigenvalue weighted by Crippen LogP contribution is -2.46. The molecule has 0 aromatic carbocycles. The summed E-state index contributed by atoms with van der Waals surface area (Å²) in [4.78, 5) is 2.30. The largest absolute Gasteiger partial charge is 0.335 e. The summed E-state index contributed by atoms with van der Waals surface area (Å²) < 4.78 is 0. The van der Waals surface area contributed by atoms with Crippen molar-refractivity contribution >= 4 is 5.84 Å². The van der Waals surface area contributed by atoms with Crippen LogP contribution in [0, 0.1) is 5.92 Å². The highest BCUT2D eigenvalue weighted by molar-refractivity contribution is 5.85. The van der Waals surface area contributed by atoms with E-state index in [9.17, 15) is 0 Å². The number of hydrogen-bond donors (Lipinski definition) is 1. The molecular weight excluding hydrogens is 150 g/mol. The molecule has 1 aliphatic rings. The molecule has 0 fully saturated rings. The van der Waals surface area contributed by atoms with Crippen molar-refractivity contribution in [1.29, 1.82) is 0 Å². The van der Waals surface area contributed by atoms with Crippen LogP contribution < -0.4 is 5.43 Å². The molecule has 0 saturated heterocycles. The summed E-state index contributed by atoms with van der Waals surface area (Å²) >= 11 is 0. The van der Waals surface area contributed by atoms with Crippen molar-refractivity contribution < 1.29 is 0 Å². The van der Waals surface area contributed by atoms with E-state index in [0.29, 0.717) is 5.92 Å². The average molecular weight is 169 g/mol. The molecule has 0 saturated carbocycles. The van der Waals surface area contributed by atoms with Crippen LogP contribution in [-0.2, 0) is 0 Å². The third-order valence-corrected chi connectivity index (χ3v) is 2.03. The summed E-state index contributed by atoms with van der Waals surface area (Å²) in [6, 6.07) is 0. The van der Waals surface area contributed by atoms with Gasteiger partial charge in [0.05, 0.1) is 0 Å². The zero-order chi connectivity index (χ0) is 9.35. The number of hydrogen-bond acceptors (Lipinski definition) is 3. The normalized spacial score (nSPS) is 18.2. The Hall–Kier alpha value is -0.730. The molecule has 3 heteroatoms. The lowest BCUT2D eigenvalue weighted by Gasteiger charge is -2.34. The van der Waals surface area contributed by atoms with E-state index < -0.39 is 0 Å². The minimum atomic E-state index is 0.173. The van der Waals surface area contributed by atoms with E-state index in [-0.39, 0.29) is 5.54 Å². The molecule has 0 bridgehead atoms. The van der Waals surface area contributed by atoms with E-state index >= 15 is 0 Å². The molecule has 0 atom stereocenters. The van der Waals surface area contributed by atoms with Crippen LogP contribution in [0.25, 0.3) is 0 Å². The molecule has 1 rings (SSSR count). The van der Waals surface area contributed by atoms with Crippen molar-refractivity contribution in [3.63, 3.8) is 0 Å². The molecule has 0 aromatic rings. The van der Waals surface area contributed by atoms with Gasteiger partial charge in [0.2, 0.25) is 0 Å². The van der Waals surface area contributed by atoms with Gasteiger partial charge in [0.25, 0.3) is 0 Å². The second kappa shape index (κ2) is 2.96. The first kappa shape index (κ1) is 9.36. The van der Waals surface area contributed by atoms with Crippen molar-refractivity contribution in [2.24, 2.45) is 11.0 Å². The first-order chi connectivity index (χ1) is 5.43. The van der Waals surface area contributed by atoms with E-state index in [2.05, 4.69) is 50.0 Å². The lowest BCUT2D eigenvalue weighted by atomic mass is 10.0. The quantitative estimate of drug-likeness (QED) is 0.646. The van der Waals surface area contributed by atoms with Crippen LogP contribution in [0.4, 0.5) is 0 Å². The molecule has 0 aromatic heterocycles. The SMILES string of the molecule is CC(C)C1=NNCN1C(C)(C)C. The molecule has 70 valence electrons. The minimum Gasteiger partial charge on any atom is -0.335 e. The second-order valence-electron chi connectivity index (χ2n) is 4.54. The predicted molar refractivity (Wildman–Crippen MR) is 51.9 cm³/mol. The summed E-state index contributed by atoms with van der Waals surface area (Å²) in [6.07, 6.45) is 0. The Labute approximate surface area is 74.8 Å². The Morgan fingerprint density at radius 1 is 1.42 bits per heavy atom. The summed E-state index contributed by atoms with van der Waals surface area (Å²) in [5, 5.41) is 4.28. The van der Waals surface area contributed by atoms with Crippen LogP contribution in [-0.4, -0.2) is 22.9 Å². The highest BCUT2D eigenvalue weighted by Gasteiger charge is 2.29. The fraction of sp³-hybridized carbons (Fsp3) is 0.889. The third-order valence-electron chi connectivity index (χ3n) is 2.03. The Kier molecular flexibility index (Phi) is 2.31. The summed E-state index contributed by atoms with van der Waals surface area (Å²) in [5.41, 5.74) is 3.20. The van der Waals surface area contributed by atoms with Gasteiger partial charge in [-0.25, -0.2) is 0 Å². The predicted octanol–water partition coefficient (Wildman–Crippen LogP) is 1.62. The van der Waals surface area contributed by atoms with Crippen LogP contribution >= 0.6 is 0 Å². The highest BCUT2D eigenvalue weighted by Crippen LogP contribution is 2.19. The molecule has 12 heavy (non-hydrogen) atoms. The van der Waals surface area contributed by atoms with E-state index in [1.165, 1.54) is 5.84 Å². The fourth-order valence-corrected chi connectivity index (χ4v) is 1.35. The van der Waals surface area contributed by atoms with Crippen molar-refractivity contribution in [3.05, 3.63) is 0 Å². The van der Waals surface area contributed by atoms with Gasteiger partial charge in [0.15, 0.2) is 0 Å². The van der Waals surface area contributed by atoms with Crippen molar-refractivity contribution in [1.82, 2.24) is 10.3 Å². The van der Waals surface area contributed by atoms with Gasteiger partial charge in [0, 0.05) is 11.5 Å². The monoisotopic (exact) mass is 169 g/mol. The number of nitrogens with one attached hydrogen (secondary N) is 1. The van der Waals surface area contributed by atoms with E-state index in [0.717, 1.165) is 6.67 Å². The molecule has 0 amide bonds. The number of nitrogens with zero attached hydrogens (tertiary/aromatic N) is 2. The van der Waals surface area contributed by atoms with Crippen molar-refractivity contribution in [3.8, 4) is 0 Å². The van der Waals surface area contributed by atoms with Crippen molar-refractivity contribution in [2.75, 3.05) is 6.67 Å². The number of rotatable bonds is 1. The molecule has 3 nitrogen and oxygen atoms in total. The Morgan fingerprint density at radius 3 is 2.33 bits per heavy atom. The van der Waals surface area contributed by atoms with Crippen LogP contribution in [0.15, 0.2) is 5.10 Å². The molecule has 1 aliphatic heterocycles. The molecule has 0 radical (unpaired) electrons. The smallest absolute Gasteiger partial charge is 0.129 e. The van der Waals surface area contributed by atoms with Crippen LogP contribution in [0.5, 0.6) is 0 Å². The van der Waals surface area contributed by atoms with Gasteiger partial charge in [-0.1, -0.05) is 13.8 Å². The molecule has 0 spiro atoms. The maximum atomic E-state index is 4.28. The first-order valence-electron chi connectivity index (χ1n) is 4.51. The zero-order valence-electron chi connectivity index (χ0n) is 8.68. The third kappa shape index (κ3) is 1.71. The molecule has 1 N–H and O–H groups in total. The fourth-order valence-electron chi connectivity index (χ4n) is 1.35. The van der Waals surface area contributed by atoms with Gasteiger partial charge >= 0.3 is 0 Å². The van der Waals surface area contributed by atoms with Gasteiger partial charge in [0.1, 0.15) is 12.5 Å². The van der Waals surface area contributed by atoms with Gasteiger partial charge in [-0.3, -0.25) is 5.43 Å². The van der Waals surface area contributed by atoms with E-state index in [4.69, 9.17) is 0 Å². The summed E-state index contributed by atoms with van der Waals surface area (Å²) in [7, 11) is 0. The zero-order valence-corrected chi connectivity index (χ0v) is 8.68. The van der Waals surface area contributed by atoms with Gasteiger partial charge in [-0.2, -0.15) is 5.10 Å². The van der Waals surface area contributed by atoms with E-state index in [1.54, 1.807) is 0 Å². The van der Waals surface area contributed by atoms with Crippen LogP contribution in [0.2, 0.25) is 0 Å². The minimum absolute atomic E-state index is 0.173. The van der Waals surface area contributed by atoms with Crippen LogP contribution in [0.3, 0.4) is 0 Å². The molecular formula is C9H19N3. The maximum absolute atomic E-state index is 4.28. The average Bonchev–Trinajstić information content (AvgIpc) is 2.30. The number of amidine groups is 1. The molecule has 1 heterocycles.